The van der Waals surface area contributed by atoms with Crippen LogP contribution in [0.25, 0.3) is 0 Å². The van der Waals surface area contributed by atoms with Gasteiger partial charge in [0.15, 0.2) is 30.7 Å². The van der Waals surface area contributed by atoms with Crippen LogP contribution in [-0.2, 0) is 22.8 Å². The first kappa shape index (κ1) is 27.6. The van der Waals surface area contributed by atoms with Crippen LogP contribution in [0.5, 0.6) is 0 Å². The van der Waals surface area contributed by atoms with Gasteiger partial charge in [-0.3, -0.25) is 9.54 Å². The number of ether oxygens (including phenoxy) is 1. The number of Topliss-reactive ketones (excluding diaryl/α,β-unsaturated/α-hetero) is 1. The number of hydrogen-bond acceptors (Lipinski definition) is 7. The van der Waals surface area contributed by atoms with E-state index in [9.17, 15) is 4.79 Å². The molecule has 170 valence electrons. The van der Waals surface area contributed by atoms with Gasteiger partial charge in [-0.1, -0.05) is 0 Å². The lowest BCUT2D eigenvalue weighted by Gasteiger charge is -2.51. The molecule has 0 aromatic heterocycles. The van der Waals surface area contributed by atoms with Gasteiger partial charge in [0, 0.05) is 0 Å². The monoisotopic (exact) mass is 497 g/mol. The van der Waals surface area contributed by atoms with Gasteiger partial charge in [0.2, 0.25) is 0 Å². The Labute approximate surface area is 186 Å². The van der Waals surface area contributed by atoms with Gasteiger partial charge >= 0.3 is 0 Å². The maximum absolute atomic E-state index is 12.4. The number of carbonyl (C=O) groups excluding carboxylic acids is 1. The molecule has 0 aromatic carbocycles. The number of rotatable bonds is 10. The zero-order valence-corrected chi connectivity index (χ0v) is 24.7. The molecular weight excluding hydrogens is 457 g/mol. The van der Waals surface area contributed by atoms with E-state index in [1.165, 1.54) is 6.92 Å². The van der Waals surface area contributed by atoms with Crippen LogP contribution in [0.2, 0.25) is 58.9 Å². The van der Waals surface area contributed by atoms with Crippen molar-refractivity contribution < 1.29 is 22.8 Å². The van der Waals surface area contributed by atoms with Crippen LogP contribution >= 0.6 is 20.8 Å². The Bertz CT molecular complexity index is 579. The molecule has 0 saturated carbocycles. The predicted molar refractivity (Wildman–Crippen MR) is 132 cm³/mol. The molecule has 6 nitrogen and oxygen atoms in total. The highest BCUT2D eigenvalue weighted by molar-refractivity contribution is 7.99. The van der Waals surface area contributed by atoms with Crippen molar-refractivity contribution in [2.24, 2.45) is 4.74 Å². The van der Waals surface area contributed by atoms with E-state index >= 15 is 0 Å². The first-order chi connectivity index (χ1) is 13.0. The molecule has 0 aliphatic carbocycles. The zero-order chi connectivity index (χ0) is 22.8. The van der Waals surface area contributed by atoms with Gasteiger partial charge in [-0.25, -0.2) is 0 Å². The summed E-state index contributed by atoms with van der Waals surface area (Å²) in [5, 5.41) is 0. The number of hydrogen-bond donors (Lipinski definition) is 0. The topological polar surface area (TPSA) is 66.4 Å². The molecule has 1 aliphatic rings. The molecule has 0 aromatic rings. The number of ketones is 1. The first-order valence-corrected chi connectivity index (χ1v) is 22.0. The van der Waals surface area contributed by atoms with Crippen LogP contribution in [0.1, 0.15) is 6.92 Å². The molecule has 0 N–H and O–H groups in total. The summed E-state index contributed by atoms with van der Waals surface area (Å²) in [4.78, 5) is 12.4. The molecule has 1 heterocycles. The van der Waals surface area contributed by atoms with E-state index in [0.29, 0.717) is 0 Å². The molecule has 0 unspecified atom stereocenters. The fraction of sp³-hybridized carbons (Fsp3) is 0.944. The van der Waals surface area contributed by atoms with Crippen LogP contribution in [-0.4, -0.2) is 72.9 Å². The molecule has 1 aliphatic heterocycles. The Morgan fingerprint density at radius 1 is 0.897 bits per heavy atom. The van der Waals surface area contributed by atoms with Gasteiger partial charge in [0.25, 0.3) is 0 Å². The summed E-state index contributed by atoms with van der Waals surface area (Å²) >= 11 is 1.59. The van der Waals surface area contributed by atoms with Gasteiger partial charge in [-0.2, -0.15) is 0 Å². The molecule has 1 saturated heterocycles. The Kier molecular flexibility index (Phi) is 9.99. The van der Waals surface area contributed by atoms with Crippen molar-refractivity contribution in [3.63, 3.8) is 0 Å². The quantitative estimate of drug-likeness (QED) is 0.312. The average molecular weight is 498 g/mol. The van der Waals surface area contributed by atoms with Gasteiger partial charge in [-0.05, 0) is 81.1 Å². The maximum Gasteiger partial charge on any atom is 0.184 e. The smallest absolute Gasteiger partial charge is 0.184 e. The number of thioether (sulfide) groups is 1. The van der Waals surface area contributed by atoms with Crippen molar-refractivity contribution in [2.75, 3.05) is 6.26 Å². The fourth-order valence-electron chi connectivity index (χ4n) is 3.29. The molecule has 6 atom stereocenters. The van der Waals surface area contributed by atoms with E-state index in [1.54, 1.807) is 11.8 Å². The molecule has 11 heteroatoms. The second-order valence-electron chi connectivity index (χ2n) is 10.5. The van der Waals surface area contributed by atoms with Crippen LogP contribution < -0.4 is 0 Å². The van der Waals surface area contributed by atoms with Crippen molar-refractivity contribution >= 4 is 51.5 Å². The minimum absolute atomic E-state index is 0.0645. The molecule has 0 amide bonds. The molecule has 0 spiro atoms. The Hall–Kier alpha value is 0.611. The molecule has 0 bridgehead atoms. The SMILES string of the molecule is CS[C@H]1O[C@H]([C@H](N=P)C(C)=O)[C@H](O[Si](C)(C)C)[C@H](O[Si](C)(C)C)[C@H]1O[Si](C)(C)C. The second kappa shape index (κ2) is 10.5. The van der Waals surface area contributed by atoms with Crippen molar-refractivity contribution in [1.29, 1.82) is 0 Å². The standard InChI is InChI=1S/C18H40NO5PSSi3/c1-12(20)13(19-25)14-15(22-27(3,4)5)16(23-28(6,7)8)17(18(21-14)26-2)24-29(9,10)11/h13-18,25H,1-11H3/t13-,14-,15+,16+,17-,18-/m1/s1. The summed E-state index contributed by atoms with van der Waals surface area (Å²) in [6, 6.07) is -0.664. The van der Waals surface area contributed by atoms with E-state index < -0.39 is 43.2 Å². The van der Waals surface area contributed by atoms with Crippen molar-refractivity contribution in [1.82, 2.24) is 0 Å². The lowest BCUT2D eigenvalue weighted by Crippen LogP contribution is -2.66. The highest BCUT2D eigenvalue weighted by atomic mass is 32.2. The van der Waals surface area contributed by atoms with E-state index in [0.717, 1.165) is 0 Å². The summed E-state index contributed by atoms with van der Waals surface area (Å²) in [6.45, 7) is 21.0. The van der Waals surface area contributed by atoms with E-state index in [1.807, 2.05) is 6.26 Å². The molecule has 0 radical (unpaired) electrons. The third kappa shape index (κ3) is 8.94. The summed E-state index contributed by atoms with van der Waals surface area (Å²) in [5.41, 5.74) is -0.259. The van der Waals surface area contributed by atoms with Crippen LogP contribution in [0.3, 0.4) is 0 Å². The minimum Gasteiger partial charge on any atom is -0.409 e. The Balaban J connectivity index is 3.54. The number of carbonyl (C=O) groups is 1. The summed E-state index contributed by atoms with van der Waals surface area (Å²) in [5.74, 6) is -0.0645. The van der Waals surface area contributed by atoms with Crippen molar-refractivity contribution in [3.8, 4) is 0 Å². The summed E-state index contributed by atoms with van der Waals surface area (Å²) in [6.07, 6.45) is 0.473. The summed E-state index contributed by atoms with van der Waals surface area (Å²) < 4.78 is 30.6. The van der Waals surface area contributed by atoms with E-state index in [-0.39, 0.29) is 23.4 Å². The van der Waals surface area contributed by atoms with Crippen LogP contribution in [0.4, 0.5) is 0 Å². The van der Waals surface area contributed by atoms with Gasteiger partial charge < -0.3 is 18.0 Å². The van der Waals surface area contributed by atoms with Gasteiger partial charge in [0.1, 0.15) is 35.9 Å². The van der Waals surface area contributed by atoms with Gasteiger partial charge in [-0.15, -0.1) is 11.8 Å². The number of nitrogens with zero attached hydrogens (tertiary/aromatic N) is 1. The molecule has 29 heavy (non-hydrogen) atoms. The van der Waals surface area contributed by atoms with E-state index in [2.05, 4.69) is 72.7 Å². The average Bonchev–Trinajstić information content (AvgIpc) is 2.49. The lowest BCUT2D eigenvalue weighted by atomic mass is 9.93. The van der Waals surface area contributed by atoms with Crippen LogP contribution in [0, 0.1) is 0 Å². The Morgan fingerprint density at radius 2 is 1.31 bits per heavy atom. The second-order valence-corrected chi connectivity index (χ2v) is 25.0. The zero-order valence-electron chi connectivity index (χ0n) is 19.9. The first-order valence-electron chi connectivity index (χ1n) is 10.1. The molecule has 1 rings (SSSR count). The molecule has 1 fully saturated rings. The van der Waals surface area contributed by atoms with Crippen molar-refractivity contribution in [2.45, 2.75) is 102 Å². The molecular formula is C18H40NO5PSSi3. The minimum atomic E-state index is -1.98. The fourth-order valence-corrected chi connectivity index (χ4v) is 7.68. The Morgan fingerprint density at radius 3 is 1.66 bits per heavy atom. The highest BCUT2D eigenvalue weighted by Gasteiger charge is 2.53. The predicted octanol–water partition coefficient (Wildman–Crippen LogP) is 5.02. The van der Waals surface area contributed by atoms with E-state index in [4.69, 9.17) is 18.0 Å². The normalized spacial score (nSPS) is 30.1. The van der Waals surface area contributed by atoms with Crippen molar-refractivity contribution in [3.05, 3.63) is 0 Å². The van der Waals surface area contributed by atoms with Crippen LogP contribution in [0.15, 0.2) is 4.74 Å². The lowest BCUT2D eigenvalue weighted by molar-refractivity contribution is -0.187. The third-order valence-corrected chi connectivity index (χ3v) is 8.16. The van der Waals surface area contributed by atoms with Gasteiger partial charge in [0.05, 0.1) is 0 Å². The highest BCUT2D eigenvalue weighted by Crippen LogP contribution is 2.38. The third-order valence-electron chi connectivity index (χ3n) is 4.10. The maximum atomic E-state index is 12.4. The largest absolute Gasteiger partial charge is 0.409 e. The summed E-state index contributed by atoms with van der Waals surface area (Å²) in [7, 11) is -2.60.